The highest BCUT2D eigenvalue weighted by molar-refractivity contribution is 5.71. The van der Waals surface area contributed by atoms with Crippen LogP contribution in [0.5, 0.6) is 0 Å². The van der Waals surface area contributed by atoms with Crippen molar-refractivity contribution in [1.82, 2.24) is 4.90 Å². The van der Waals surface area contributed by atoms with Crippen LogP contribution in [0.15, 0.2) is 24.3 Å². The number of rotatable bonds is 39. The topological polar surface area (TPSA) is 82.1 Å². The summed E-state index contributed by atoms with van der Waals surface area (Å²) < 4.78 is 16.5. The molecule has 7 heteroatoms. The third-order valence-electron chi connectivity index (χ3n) is 9.43. The van der Waals surface area contributed by atoms with E-state index in [0.29, 0.717) is 25.7 Å². The number of esters is 3. The molecule has 0 aromatic heterocycles. The molecule has 0 aromatic carbocycles. The molecule has 0 spiro atoms. The number of hydrogen-bond donors (Lipinski definition) is 0. The minimum Gasteiger partial charge on any atom is -0.462 e. The Bertz CT molecular complexity index is 870. The van der Waals surface area contributed by atoms with Crippen LogP contribution in [0.1, 0.15) is 206 Å². The molecule has 0 bridgehead atoms. The fraction of sp³-hybridized carbons (Fsp3) is 0.844. The molecule has 0 saturated carbocycles. The molecule has 0 N–H and O–H groups in total. The first-order chi connectivity index (χ1) is 25.4. The van der Waals surface area contributed by atoms with E-state index in [4.69, 9.17) is 14.2 Å². The number of hydrogen-bond acceptors (Lipinski definition) is 7. The van der Waals surface area contributed by atoms with E-state index in [9.17, 15) is 14.4 Å². The highest BCUT2D eigenvalue weighted by Crippen LogP contribution is 2.13. The smallest absolute Gasteiger partial charge is 0.306 e. The second-order valence-corrected chi connectivity index (χ2v) is 15.1. The highest BCUT2D eigenvalue weighted by atomic mass is 16.6. The zero-order valence-electron chi connectivity index (χ0n) is 34.6. The third kappa shape index (κ3) is 39.1. The molecule has 0 fully saturated rings. The van der Waals surface area contributed by atoms with Crippen LogP contribution in [0.2, 0.25) is 0 Å². The Hall–Kier alpha value is -2.15. The van der Waals surface area contributed by atoms with Gasteiger partial charge in [0.15, 0.2) is 6.10 Å². The van der Waals surface area contributed by atoms with E-state index < -0.39 is 6.10 Å². The molecule has 0 aromatic rings. The van der Waals surface area contributed by atoms with Gasteiger partial charge in [-0.15, -0.1) is 0 Å². The van der Waals surface area contributed by atoms with E-state index in [1.807, 2.05) is 19.0 Å². The predicted octanol–water partition coefficient (Wildman–Crippen LogP) is 12.4. The third-order valence-corrected chi connectivity index (χ3v) is 9.43. The highest BCUT2D eigenvalue weighted by Gasteiger charge is 2.19. The van der Waals surface area contributed by atoms with Gasteiger partial charge in [-0.25, -0.2) is 0 Å². The molecule has 0 radical (unpaired) electrons. The van der Waals surface area contributed by atoms with Crippen LogP contribution in [0.4, 0.5) is 0 Å². The van der Waals surface area contributed by atoms with Gasteiger partial charge in [0.05, 0.1) is 0 Å². The molecule has 1 atom stereocenters. The minimum absolute atomic E-state index is 0.0903. The van der Waals surface area contributed by atoms with Gasteiger partial charge in [0, 0.05) is 19.3 Å². The van der Waals surface area contributed by atoms with Crippen molar-refractivity contribution in [1.29, 1.82) is 0 Å². The number of nitrogens with zero attached hydrogens (tertiary/aromatic N) is 1. The first-order valence-corrected chi connectivity index (χ1v) is 21.8. The van der Waals surface area contributed by atoms with Crippen molar-refractivity contribution in [3.8, 4) is 0 Å². The molecule has 52 heavy (non-hydrogen) atoms. The predicted molar refractivity (Wildman–Crippen MR) is 218 cm³/mol. The van der Waals surface area contributed by atoms with Gasteiger partial charge in [-0.2, -0.15) is 0 Å². The summed E-state index contributed by atoms with van der Waals surface area (Å²) in [5, 5.41) is 0. The standard InChI is InChI=1S/C45H83NO6/c1-5-7-9-11-13-15-17-19-21-23-25-27-29-31-33-36-43(47)50-40-42(41-51-44(48)38-35-39-46(3)4)52-45(49)37-34-32-30-28-26-24-22-20-18-16-14-12-10-8-6-2/h19-22,42H,5-18,23-41H2,1-4H3/b21-19+,22-20+. The molecule has 0 aliphatic carbocycles. The maximum atomic E-state index is 12.6. The zero-order valence-corrected chi connectivity index (χ0v) is 34.6. The van der Waals surface area contributed by atoms with Crippen molar-refractivity contribution in [2.24, 2.45) is 0 Å². The monoisotopic (exact) mass is 734 g/mol. The Balaban J connectivity index is 4.21. The summed E-state index contributed by atoms with van der Waals surface area (Å²) in [6.45, 7) is 5.12. The Morgan fingerprint density at radius 2 is 0.769 bits per heavy atom. The Kier molecular flexibility index (Phi) is 38.4. The van der Waals surface area contributed by atoms with Gasteiger partial charge in [-0.1, -0.05) is 141 Å². The molecular formula is C45H83NO6. The summed E-state index contributed by atoms with van der Waals surface area (Å²) in [5.41, 5.74) is 0. The quantitative estimate of drug-likeness (QED) is 0.0269. The van der Waals surface area contributed by atoms with E-state index in [1.165, 1.54) is 109 Å². The van der Waals surface area contributed by atoms with E-state index in [2.05, 4.69) is 38.2 Å². The lowest BCUT2D eigenvalue weighted by Gasteiger charge is -2.18. The van der Waals surface area contributed by atoms with Crippen LogP contribution in [-0.4, -0.2) is 62.8 Å². The van der Waals surface area contributed by atoms with Crippen molar-refractivity contribution < 1.29 is 28.6 Å². The lowest BCUT2D eigenvalue weighted by molar-refractivity contribution is -0.167. The molecule has 0 aliphatic heterocycles. The van der Waals surface area contributed by atoms with Crippen molar-refractivity contribution in [3.05, 3.63) is 24.3 Å². The second-order valence-electron chi connectivity index (χ2n) is 15.1. The van der Waals surface area contributed by atoms with Gasteiger partial charge < -0.3 is 19.1 Å². The SMILES string of the molecule is CCCCCCCC/C=C/CCCCCCCC(=O)OCC(COC(=O)CCCN(C)C)OC(=O)CCCCCCC/C=C/CCCCCCCC. The van der Waals surface area contributed by atoms with E-state index >= 15 is 0 Å². The van der Waals surface area contributed by atoms with Crippen LogP contribution < -0.4 is 0 Å². The van der Waals surface area contributed by atoms with Crippen LogP contribution in [0.25, 0.3) is 0 Å². The number of ether oxygens (including phenoxy) is 3. The molecule has 0 aliphatic rings. The van der Waals surface area contributed by atoms with Crippen molar-refractivity contribution in [3.63, 3.8) is 0 Å². The Morgan fingerprint density at radius 1 is 0.442 bits per heavy atom. The summed E-state index contributed by atoms with van der Waals surface area (Å²) in [6.07, 6.45) is 41.4. The summed E-state index contributed by atoms with van der Waals surface area (Å²) >= 11 is 0. The molecule has 304 valence electrons. The number of carbonyl (C=O) groups is 3. The fourth-order valence-corrected chi connectivity index (χ4v) is 6.10. The average molecular weight is 734 g/mol. The van der Waals surface area contributed by atoms with Crippen molar-refractivity contribution in [2.45, 2.75) is 213 Å². The molecule has 7 nitrogen and oxygen atoms in total. The molecular weight excluding hydrogens is 650 g/mol. The van der Waals surface area contributed by atoms with Gasteiger partial charge in [0.1, 0.15) is 13.2 Å². The second kappa shape index (κ2) is 40.0. The average Bonchev–Trinajstić information content (AvgIpc) is 3.12. The molecule has 0 heterocycles. The maximum Gasteiger partial charge on any atom is 0.306 e. The summed E-state index contributed by atoms with van der Waals surface area (Å²) in [5.74, 6) is -0.965. The first-order valence-electron chi connectivity index (χ1n) is 21.8. The van der Waals surface area contributed by atoms with E-state index in [0.717, 1.165) is 64.3 Å². The number of carbonyl (C=O) groups excluding carboxylic acids is 3. The Morgan fingerprint density at radius 3 is 1.15 bits per heavy atom. The zero-order chi connectivity index (χ0) is 38.2. The van der Waals surface area contributed by atoms with Crippen LogP contribution in [0.3, 0.4) is 0 Å². The summed E-state index contributed by atoms with van der Waals surface area (Å²) in [6, 6.07) is 0. The van der Waals surface area contributed by atoms with Gasteiger partial charge in [-0.3, -0.25) is 14.4 Å². The summed E-state index contributed by atoms with van der Waals surface area (Å²) in [7, 11) is 3.92. The maximum absolute atomic E-state index is 12.6. The number of allylic oxidation sites excluding steroid dienone is 4. The molecule has 0 amide bonds. The van der Waals surface area contributed by atoms with Crippen molar-refractivity contribution >= 4 is 17.9 Å². The lowest BCUT2D eigenvalue weighted by atomic mass is 10.1. The van der Waals surface area contributed by atoms with E-state index in [-0.39, 0.29) is 31.1 Å². The first kappa shape index (κ1) is 49.9. The van der Waals surface area contributed by atoms with Gasteiger partial charge in [-0.05, 0) is 91.3 Å². The van der Waals surface area contributed by atoms with Gasteiger partial charge in [0.25, 0.3) is 0 Å². The van der Waals surface area contributed by atoms with Gasteiger partial charge in [0.2, 0.25) is 0 Å². The normalized spacial score (nSPS) is 12.2. The van der Waals surface area contributed by atoms with Gasteiger partial charge >= 0.3 is 17.9 Å². The van der Waals surface area contributed by atoms with Crippen LogP contribution >= 0.6 is 0 Å². The Labute approximate surface area is 321 Å². The van der Waals surface area contributed by atoms with Crippen LogP contribution in [-0.2, 0) is 28.6 Å². The molecule has 1 unspecified atom stereocenters. The fourth-order valence-electron chi connectivity index (χ4n) is 6.10. The minimum atomic E-state index is -0.786. The lowest BCUT2D eigenvalue weighted by Crippen LogP contribution is -2.31. The summed E-state index contributed by atoms with van der Waals surface area (Å²) in [4.78, 5) is 39.4. The number of unbranched alkanes of at least 4 members (excludes halogenated alkanes) is 22. The largest absolute Gasteiger partial charge is 0.462 e. The van der Waals surface area contributed by atoms with Crippen molar-refractivity contribution in [2.75, 3.05) is 33.9 Å². The van der Waals surface area contributed by atoms with Crippen LogP contribution in [0, 0.1) is 0 Å². The van der Waals surface area contributed by atoms with E-state index in [1.54, 1.807) is 0 Å². The molecule has 0 rings (SSSR count). The molecule has 0 saturated heterocycles.